The number of nitrogens with zero attached hydrogens (tertiary/aromatic N) is 2. The van der Waals surface area contributed by atoms with Gasteiger partial charge < -0.3 is 11.1 Å². The van der Waals surface area contributed by atoms with Crippen LogP contribution in [0.25, 0.3) is 0 Å². The van der Waals surface area contributed by atoms with Gasteiger partial charge in [0.2, 0.25) is 5.95 Å². The standard InChI is InChI=1S/C12H11F3N4/c1-7-10(12(13,14)15)6-17-11(18-7)19-9-4-2-8(16)3-5-9/h2-6H,16H2,1H3,(H,17,18,19). The molecule has 0 fully saturated rings. The number of halogens is 3. The second kappa shape index (κ2) is 4.75. The van der Waals surface area contributed by atoms with Gasteiger partial charge in [-0.25, -0.2) is 9.97 Å². The number of hydrogen-bond donors (Lipinski definition) is 2. The molecular weight excluding hydrogens is 257 g/mol. The summed E-state index contributed by atoms with van der Waals surface area (Å²) in [6.45, 7) is 1.29. The van der Waals surface area contributed by atoms with Crippen LogP contribution in [-0.4, -0.2) is 9.97 Å². The van der Waals surface area contributed by atoms with Crippen molar-refractivity contribution in [3.8, 4) is 0 Å². The van der Waals surface area contributed by atoms with Crippen molar-refractivity contribution in [3.63, 3.8) is 0 Å². The van der Waals surface area contributed by atoms with E-state index in [1.54, 1.807) is 24.3 Å². The Kier molecular flexibility index (Phi) is 3.28. The van der Waals surface area contributed by atoms with E-state index in [-0.39, 0.29) is 11.6 Å². The fourth-order valence-electron chi connectivity index (χ4n) is 1.50. The Hall–Kier alpha value is -2.31. The largest absolute Gasteiger partial charge is 0.419 e. The van der Waals surface area contributed by atoms with Gasteiger partial charge in [0.15, 0.2) is 0 Å². The van der Waals surface area contributed by atoms with E-state index in [9.17, 15) is 13.2 Å². The summed E-state index contributed by atoms with van der Waals surface area (Å²) >= 11 is 0. The van der Waals surface area contributed by atoms with E-state index < -0.39 is 11.7 Å². The van der Waals surface area contributed by atoms with Gasteiger partial charge in [-0.2, -0.15) is 13.2 Å². The Labute approximate surface area is 107 Å². The van der Waals surface area contributed by atoms with Crippen molar-refractivity contribution in [1.82, 2.24) is 9.97 Å². The monoisotopic (exact) mass is 268 g/mol. The average molecular weight is 268 g/mol. The van der Waals surface area contributed by atoms with Crippen LogP contribution in [0.3, 0.4) is 0 Å². The highest BCUT2D eigenvalue weighted by molar-refractivity contribution is 5.57. The van der Waals surface area contributed by atoms with Crippen LogP contribution < -0.4 is 11.1 Å². The molecule has 1 aromatic carbocycles. The predicted molar refractivity (Wildman–Crippen MR) is 65.9 cm³/mol. The maximum atomic E-state index is 12.5. The summed E-state index contributed by atoms with van der Waals surface area (Å²) in [5.41, 5.74) is 5.80. The Balaban J connectivity index is 2.23. The van der Waals surface area contributed by atoms with Crippen LogP contribution in [0.4, 0.5) is 30.5 Å². The molecule has 1 aromatic heterocycles. The molecule has 2 aromatic rings. The molecule has 7 heteroatoms. The third kappa shape index (κ3) is 3.12. The lowest BCUT2D eigenvalue weighted by atomic mass is 10.2. The minimum absolute atomic E-state index is 0.107. The number of hydrogen-bond acceptors (Lipinski definition) is 4. The zero-order valence-electron chi connectivity index (χ0n) is 9.99. The van der Waals surface area contributed by atoms with Crippen molar-refractivity contribution < 1.29 is 13.2 Å². The summed E-state index contributed by atoms with van der Waals surface area (Å²) < 4.78 is 37.6. The number of nitrogens with one attached hydrogen (secondary N) is 1. The molecule has 0 unspecified atom stereocenters. The van der Waals surface area contributed by atoms with Crippen LogP contribution in [0.2, 0.25) is 0 Å². The number of nitrogen functional groups attached to an aromatic ring is 1. The highest BCUT2D eigenvalue weighted by atomic mass is 19.4. The van der Waals surface area contributed by atoms with E-state index in [4.69, 9.17) is 5.73 Å². The highest BCUT2D eigenvalue weighted by Gasteiger charge is 2.33. The first-order valence-electron chi connectivity index (χ1n) is 5.39. The van der Waals surface area contributed by atoms with Crippen molar-refractivity contribution >= 4 is 17.3 Å². The van der Waals surface area contributed by atoms with Gasteiger partial charge in [0.05, 0.1) is 11.3 Å². The topological polar surface area (TPSA) is 63.8 Å². The molecule has 0 aliphatic rings. The molecule has 0 saturated heterocycles. The number of anilines is 3. The minimum atomic E-state index is -4.44. The number of alkyl halides is 3. The Morgan fingerprint density at radius 1 is 1.16 bits per heavy atom. The first-order valence-corrected chi connectivity index (χ1v) is 5.39. The quantitative estimate of drug-likeness (QED) is 0.821. The predicted octanol–water partition coefficient (Wildman–Crippen LogP) is 3.13. The lowest BCUT2D eigenvalue weighted by Gasteiger charge is -2.11. The van der Waals surface area contributed by atoms with Crippen LogP contribution in [0.5, 0.6) is 0 Å². The van der Waals surface area contributed by atoms with Crippen LogP contribution >= 0.6 is 0 Å². The van der Waals surface area contributed by atoms with Gasteiger partial charge >= 0.3 is 6.18 Å². The third-order valence-electron chi connectivity index (χ3n) is 2.45. The molecule has 0 aliphatic carbocycles. The second-order valence-corrected chi connectivity index (χ2v) is 3.94. The minimum Gasteiger partial charge on any atom is -0.399 e. The fourth-order valence-corrected chi connectivity index (χ4v) is 1.50. The van der Waals surface area contributed by atoms with Crippen molar-refractivity contribution in [2.24, 2.45) is 0 Å². The lowest BCUT2D eigenvalue weighted by Crippen LogP contribution is -2.11. The summed E-state index contributed by atoms with van der Waals surface area (Å²) in [7, 11) is 0. The van der Waals surface area contributed by atoms with Gasteiger partial charge in [-0.05, 0) is 31.2 Å². The van der Waals surface area contributed by atoms with Crippen molar-refractivity contribution in [3.05, 3.63) is 41.7 Å². The average Bonchev–Trinajstić information content (AvgIpc) is 2.30. The molecule has 0 bridgehead atoms. The van der Waals surface area contributed by atoms with Crippen molar-refractivity contribution in [2.45, 2.75) is 13.1 Å². The fraction of sp³-hybridized carbons (Fsp3) is 0.167. The van der Waals surface area contributed by atoms with Crippen molar-refractivity contribution in [2.75, 3.05) is 11.1 Å². The highest BCUT2D eigenvalue weighted by Crippen LogP contribution is 2.30. The van der Waals surface area contributed by atoms with E-state index >= 15 is 0 Å². The Morgan fingerprint density at radius 3 is 2.32 bits per heavy atom. The maximum absolute atomic E-state index is 12.5. The van der Waals surface area contributed by atoms with Gasteiger partial charge in [0, 0.05) is 17.6 Å². The second-order valence-electron chi connectivity index (χ2n) is 3.94. The number of benzene rings is 1. The maximum Gasteiger partial charge on any atom is 0.419 e. The van der Waals surface area contributed by atoms with E-state index in [0.29, 0.717) is 11.4 Å². The molecule has 0 aliphatic heterocycles. The molecule has 19 heavy (non-hydrogen) atoms. The summed E-state index contributed by atoms with van der Waals surface area (Å²) in [5.74, 6) is 0.107. The zero-order valence-corrected chi connectivity index (χ0v) is 9.99. The summed E-state index contributed by atoms with van der Waals surface area (Å²) in [6.07, 6.45) is -3.67. The van der Waals surface area contributed by atoms with E-state index in [1.807, 2.05) is 0 Å². The normalized spacial score (nSPS) is 11.4. The van der Waals surface area contributed by atoms with E-state index in [0.717, 1.165) is 6.20 Å². The molecule has 0 amide bonds. The van der Waals surface area contributed by atoms with Crippen LogP contribution in [-0.2, 0) is 6.18 Å². The molecule has 100 valence electrons. The molecule has 2 rings (SSSR count). The Bertz CT molecular complexity index is 579. The number of aryl methyl sites for hydroxylation is 1. The van der Waals surface area contributed by atoms with Gasteiger partial charge in [-0.1, -0.05) is 0 Å². The molecular formula is C12H11F3N4. The van der Waals surface area contributed by atoms with Crippen LogP contribution in [0, 0.1) is 6.92 Å². The number of aromatic nitrogens is 2. The van der Waals surface area contributed by atoms with Gasteiger partial charge in [0.25, 0.3) is 0 Å². The first-order chi connectivity index (χ1) is 8.86. The van der Waals surface area contributed by atoms with Crippen LogP contribution in [0.15, 0.2) is 30.5 Å². The van der Waals surface area contributed by atoms with E-state index in [1.165, 1.54) is 6.92 Å². The molecule has 0 saturated carbocycles. The zero-order chi connectivity index (χ0) is 14.0. The lowest BCUT2D eigenvalue weighted by molar-refractivity contribution is -0.138. The molecule has 3 N–H and O–H groups in total. The molecule has 4 nitrogen and oxygen atoms in total. The Morgan fingerprint density at radius 2 is 1.79 bits per heavy atom. The molecule has 0 atom stereocenters. The number of nitrogens with two attached hydrogens (primary N) is 1. The molecule has 1 heterocycles. The summed E-state index contributed by atoms with van der Waals surface area (Å²) in [6, 6.07) is 6.70. The third-order valence-corrected chi connectivity index (χ3v) is 2.45. The molecule has 0 radical (unpaired) electrons. The van der Waals surface area contributed by atoms with Crippen LogP contribution in [0.1, 0.15) is 11.3 Å². The SMILES string of the molecule is Cc1nc(Nc2ccc(N)cc2)ncc1C(F)(F)F. The number of rotatable bonds is 2. The van der Waals surface area contributed by atoms with Gasteiger partial charge in [-0.3, -0.25) is 0 Å². The van der Waals surface area contributed by atoms with Gasteiger partial charge in [-0.15, -0.1) is 0 Å². The smallest absolute Gasteiger partial charge is 0.399 e. The summed E-state index contributed by atoms with van der Waals surface area (Å²) in [4.78, 5) is 7.43. The van der Waals surface area contributed by atoms with Gasteiger partial charge in [0.1, 0.15) is 0 Å². The van der Waals surface area contributed by atoms with E-state index in [2.05, 4.69) is 15.3 Å². The van der Waals surface area contributed by atoms with Crippen molar-refractivity contribution in [1.29, 1.82) is 0 Å². The first kappa shape index (κ1) is 13.1. The molecule has 0 spiro atoms. The summed E-state index contributed by atoms with van der Waals surface area (Å²) in [5, 5.41) is 2.81.